The lowest BCUT2D eigenvalue weighted by Gasteiger charge is -2.19. The second kappa shape index (κ2) is 5.56. The number of hydrogen-bond donors (Lipinski definition) is 1. The van der Waals surface area contributed by atoms with E-state index in [-0.39, 0.29) is 5.75 Å². The number of nitrogens with one attached hydrogen (secondary N) is 1. The number of hydrogen-bond acceptors (Lipinski definition) is 5. The molecule has 0 saturated heterocycles. The maximum Gasteiger partial charge on any atom is 0.213 e. The fourth-order valence-electron chi connectivity index (χ4n) is 1.24. The molecule has 0 aromatic carbocycles. The molecule has 1 aromatic rings. The molecule has 0 spiro atoms. The third kappa shape index (κ3) is 3.87. The Bertz CT molecular complexity index is 475. The maximum absolute atomic E-state index is 11.9. The van der Waals surface area contributed by atoms with Gasteiger partial charge in [0.05, 0.1) is 29.5 Å². The minimum atomic E-state index is -3.09. The quantitative estimate of drug-likeness (QED) is 0.884. The molecule has 0 saturated carbocycles. The standard InChI is InChI=1S/C12H20N2O3S/c1-12(2,3)18(15,16)8-7-13-10-5-6-11(17-4)14-9-10/h5-6,9,13H,7-8H2,1-4H3. The monoisotopic (exact) mass is 272 g/mol. The van der Waals surface area contributed by atoms with Gasteiger partial charge in [0.1, 0.15) is 0 Å². The van der Waals surface area contributed by atoms with E-state index in [1.54, 1.807) is 46.2 Å². The summed E-state index contributed by atoms with van der Waals surface area (Å²) in [6.07, 6.45) is 1.61. The van der Waals surface area contributed by atoms with Gasteiger partial charge in [0, 0.05) is 12.6 Å². The van der Waals surface area contributed by atoms with Crippen LogP contribution in [0.3, 0.4) is 0 Å². The molecule has 1 rings (SSSR count). The first kappa shape index (κ1) is 14.8. The third-order valence-electron chi connectivity index (χ3n) is 2.58. The van der Waals surface area contributed by atoms with Gasteiger partial charge in [-0.15, -0.1) is 0 Å². The topological polar surface area (TPSA) is 68.3 Å². The summed E-state index contributed by atoms with van der Waals surface area (Å²) in [6, 6.07) is 3.52. The van der Waals surface area contributed by atoms with Crippen molar-refractivity contribution in [1.29, 1.82) is 0 Å². The Morgan fingerprint density at radius 1 is 1.33 bits per heavy atom. The molecule has 1 aromatic heterocycles. The first-order chi connectivity index (χ1) is 8.26. The van der Waals surface area contributed by atoms with Crippen molar-refractivity contribution >= 4 is 15.5 Å². The SMILES string of the molecule is COc1ccc(NCCS(=O)(=O)C(C)(C)C)cn1. The smallest absolute Gasteiger partial charge is 0.213 e. The van der Waals surface area contributed by atoms with E-state index in [1.165, 1.54) is 0 Å². The molecule has 102 valence electrons. The average molecular weight is 272 g/mol. The molecule has 0 bridgehead atoms. The van der Waals surface area contributed by atoms with Crippen molar-refractivity contribution in [3.63, 3.8) is 0 Å². The Kier molecular flexibility index (Phi) is 4.56. The minimum absolute atomic E-state index is 0.0997. The molecule has 0 amide bonds. The highest BCUT2D eigenvalue weighted by Crippen LogP contribution is 2.16. The van der Waals surface area contributed by atoms with Gasteiger partial charge in [0.15, 0.2) is 9.84 Å². The number of methoxy groups -OCH3 is 1. The zero-order valence-electron chi connectivity index (χ0n) is 11.2. The lowest BCUT2D eigenvalue weighted by atomic mass is 10.3. The normalized spacial score (nSPS) is 12.2. The summed E-state index contributed by atoms with van der Waals surface area (Å²) in [6.45, 7) is 5.49. The summed E-state index contributed by atoms with van der Waals surface area (Å²) in [5, 5.41) is 3.03. The molecule has 0 aliphatic rings. The second-order valence-corrected chi connectivity index (χ2v) is 7.81. The van der Waals surface area contributed by atoms with Crippen molar-refractivity contribution in [1.82, 2.24) is 4.98 Å². The van der Waals surface area contributed by atoms with Crippen LogP contribution in [0.5, 0.6) is 5.88 Å². The summed E-state index contributed by atoms with van der Waals surface area (Å²) < 4.78 is 28.0. The Balaban J connectivity index is 2.52. The van der Waals surface area contributed by atoms with Crippen LogP contribution in [0.2, 0.25) is 0 Å². The largest absolute Gasteiger partial charge is 0.481 e. The molecule has 0 aliphatic carbocycles. The molecule has 1 heterocycles. The van der Waals surface area contributed by atoms with Crippen LogP contribution in [-0.4, -0.2) is 37.6 Å². The molecule has 0 radical (unpaired) electrons. The van der Waals surface area contributed by atoms with Crippen molar-refractivity contribution in [3.8, 4) is 5.88 Å². The van der Waals surface area contributed by atoms with Crippen LogP contribution in [0.25, 0.3) is 0 Å². The fraction of sp³-hybridized carbons (Fsp3) is 0.583. The number of nitrogens with zero attached hydrogens (tertiary/aromatic N) is 1. The van der Waals surface area contributed by atoms with Crippen molar-refractivity contribution in [3.05, 3.63) is 18.3 Å². The molecule has 6 heteroatoms. The summed E-state index contributed by atoms with van der Waals surface area (Å²) in [5.41, 5.74) is 0.778. The van der Waals surface area contributed by atoms with Crippen LogP contribution in [-0.2, 0) is 9.84 Å². The molecular weight excluding hydrogens is 252 g/mol. The van der Waals surface area contributed by atoms with E-state index in [4.69, 9.17) is 4.74 Å². The van der Waals surface area contributed by atoms with Gasteiger partial charge in [-0.25, -0.2) is 13.4 Å². The Morgan fingerprint density at radius 2 is 2.00 bits per heavy atom. The average Bonchev–Trinajstić information content (AvgIpc) is 2.28. The Morgan fingerprint density at radius 3 is 2.44 bits per heavy atom. The van der Waals surface area contributed by atoms with Crippen LogP contribution < -0.4 is 10.1 Å². The van der Waals surface area contributed by atoms with Gasteiger partial charge in [-0.2, -0.15) is 0 Å². The molecule has 5 nitrogen and oxygen atoms in total. The first-order valence-corrected chi connectivity index (χ1v) is 7.38. The zero-order valence-corrected chi connectivity index (χ0v) is 12.0. The molecule has 0 aliphatic heterocycles. The number of aromatic nitrogens is 1. The molecular formula is C12H20N2O3S. The van der Waals surface area contributed by atoms with Crippen molar-refractivity contribution in [2.75, 3.05) is 24.7 Å². The Hall–Kier alpha value is -1.30. The van der Waals surface area contributed by atoms with Crippen LogP contribution in [0, 0.1) is 0 Å². The molecule has 0 atom stereocenters. The van der Waals surface area contributed by atoms with Gasteiger partial charge >= 0.3 is 0 Å². The fourth-order valence-corrected chi connectivity index (χ4v) is 2.22. The number of anilines is 1. The highest BCUT2D eigenvalue weighted by atomic mass is 32.2. The van der Waals surface area contributed by atoms with Crippen molar-refractivity contribution < 1.29 is 13.2 Å². The number of ether oxygens (including phenoxy) is 1. The van der Waals surface area contributed by atoms with Crippen LogP contribution in [0.4, 0.5) is 5.69 Å². The van der Waals surface area contributed by atoms with Crippen LogP contribution >= 0.6 is 0 Å². The Labute approximate surface area is 108 Å². The van der Waals surface area contributed by atoms with Gasteiger partial charge in [0.25, 0.3) is 0 Å². The second-order valence-electron chi connectivity index (χ2n) is 4.95. The summed E-state index contributed by atoms with van der Waals surface area (Å²) in [5.74, 6) is 0.630. The van der Waals surface area contributed by atoms with Gasteiger partial charge in [0.2, 0.25) is 5.88 Å². The lowest BCUT2D eigenvalue weighted by Crippen LogP contribution is -2.32. The van der Waals surface area contributed by atoms with E-state index in [9.17, 15) is 8.42 Å². The van der Waals surface area contributed by atoms with Crippen LogP contribution in [0.1, 0.15) is 20.8 Å². The van der Waals surface area contributed by atoms with Crippen molar-refractivity contribution in [2.24, 2.45) is 0 Å². The first-order valence-electron chi connectivity index (χ1n) is 5.72. The molecule has 0 unspecified atom stereocenters. The third-order valence-corrected chi connectivity index (χ3v) is 5.19. The summed E-state index contributed by atoms with van der Waals surface area (Å²) in [7, 11) is -1.54. The highest BCUT2D eigenvalue weighted by Gasteiger charge is 2.28. The van der Waals surface area contributed by atoms with Gasteiger partial charge in [-0.05, 0) is 26.8 Å². The van der Waals surface area contributed by atoms with Gasteiger partial charge in [-0.1, -0.05) is 0 Å². The summed E-state index contributed by atoms with van der Waals surface area (Å²) in [4.78, 5) is 4.03. The molecule has 1 N–H and O–H groups in total. The minimum Gasteiger partial charge on any atom is -0.481 e. The zero-order chi connectivity index (χ0) is 13.8. The predicted molar refractivity (Wildman–Crippen MR) is 72.8 cm³/mol. The number of rotatable bonds is 5. The maximum atomic E-state index is 11.9. The predicted octanol–water partition coefficient (Wildman–Crippen LogP) is 1.72. The van der Waals surface area contributed by atoms with E-state index in [0.29, 0.717) is 12.4 Å². The van der Waals surface area contributed by atoms with E-state index in [2.05, 4.69) is 10.3 Å². The van der Waals surface area contributed by atoms with E-state index in [1.807, 2.05) is 0 Å². The van der Waals surface area contributed by atoms with Crippen molar-refractivity contribution in [2.45, 2.75) is 25.5 Å². The van der Waals surface area contributed by atoms with Gasteiger partial charge in [-0.3, -0.25) is 0 Å². The van der Waals surface area contributed by atoms with E-state index >= 15 is 0 Å². The summed E-state index contributed by atoms with van der Waals surface area (Å²) >= 11 is 0. The molecule has 0 fully saturated rings. The highest BCUT2D eigenvalue weighted by molar-refractivity contribution is 7.92. The molecule has 18 heavy (non-hydrogen) atoms. The van der Waals surface area contributed by atoms with E-state index in [0.717, 1.165) is 5.69 Å². The van der Waals surface area contributed by atoms with Crippen LogP contribution in [0.15, 0.2) is 18.3 Å². The number of pyridine rings is 1. The number of sulfone groups is 1. The lowest BCUT2D eigenvalue weighted by molar-refractivity contribution is 0.398. The van der Waals surface area contributed by atoms with E-state index < -0.39 is 14.6 Å². The van der Waals surface area contributed by atoms with Gasteiger partial charge < -0.3 is 10.1 Å².